The number of hydrogen-bond donors (Lipinski definition) is 2. The molecule has 6 heteroatoms. The van der Waals surface area contributed by atoms with Gasteiger partial charge in [-0.15, -0.1) is 0 Å². The number of carbonyl (C=O) groups is 1. The average Bonchev–Trinajstić information content (AvgIpc) is 2.48. The molecule has 0 radical (unpaired) electrons. The Hall–Kier alpha value is -1.85. The molecule has 1 aliphatic heterocycles. The number of carboxylic acid groups (broad SMARTS) is 1. The van der Waals surface area contributed by atoms with Crippen LogP contribution in [-0.4, -0.2) is 27.1 Å². The highest BCUT2D eigenvalue weighted by atomic mass is 16.4. The molecule has 1 aromatic heterocycles. The van der Waals surface area contributed by atoms with E-state index < -0.39 is 5.97 Å². The Morgan fingerprint density at radius 3 is 3.07 bits per heavy atom. The van der Waals surface area contributed by atoms with Gasteiger partial charge in [0, 0.05) is 6.21 Å². The Labute approximate surface area is 81.2 Å². The zero-order valence-electron chi connectivity index (χ0n) is 6.93. The molecule has 0 saturated carbocycles. The highest BCUT2D eigenvalue weighted by Gasteiger charge is 2.20. The van der Waals surface area contributed by atoms with E-state index in [9.17, 15) is 4.79 Å². The van der Waals surface area contributed by atoms with E-state index in [4.69, 9.17) is 5.11 Å². The van der Waals surface area contributed by atoms with Gasteiger partial charge in [-0.25, -0.2) is 9.48 Å². The maximum Gasteiger partial charge on any atom is 0.341 e. The molecule has 0 saturated heterocycles. The van der Waals surface area contributed by atoms with Gasteiger partial charge in [0.15, 0.2) is 5.82 Å². The minimum atomic E-state index is -1.00. The number of aromatic carboxylic acids is 1. The van der Waals surface area contributed by atoms with Gasteiger partial charge in [-0.2, -0.15) is 10.2 Å². The summed E-state index contributed by atoms with van der Waals surface area (Å²) in [5, 5.41) is 16.5. The Balaban J connectivity index is 0.000000980. The number of aromatic nitrogens is 2. The topological polar surface area (TPSA) is 79.5 Å². The molecule has 0 spiro atoms. The molecule has 0 fully saturated rings. The number of hydrazone groups is 1. The molecule has 1 unspecified atom stereocenters. The van der Waals surface area contributed by atoms with Crippen LogP contribution in [0.1, 0.15) is 30.8 Å². The minimum Gasteiger partial charge on any atom is -0.477 e. The van der Waals surface area contributed by atoms with Crippen LogP contribution in [0.3, 0.4) is 0 Å². The van der Waals surface area contributed by atoms with Crippen LogP contribution in [0, 0.1) is 0 Å². The molecule has 0 amide bonds. The molecular formula is C8H12N4O2. The van der Waals surface area contributed by atoms with E-state index >= 15 is 0 Å². The molecule has 0 aliphatic carbocycles. The lowest BCUT2D eigenvalue weighted by Gasteiger charge is -2.15. The Morgan fingerprint density at radius 2 is 2.43 bits per heavy atom. The molecule has 2 rings (SSSR count). The second-order valence-electron chi connectivity index (χ2n) is 2.79. The fourth-order valence-corrected chi connectivity index (χ4v) is 1.21. The zero-order chi connectivity index (χ0) is 9.42. The summed E-state index contributed by atoms with van der Waals surface area (Å²) in [5.74, 6) is -0.569. The number of anilines is 1. The summed E-state index contributed by atoms with van der Waals surface area (Å²) in [6.07, 6.45) is 2.97. The first-order chi connectivity index (χ1) is 6.20. The van der Waals surface area contributed by atoms with Crippen LogP contribution in [0.15, 0.2) is 11.3 Å². The molecular weight excluding hydrogens is 184 g/mol. The molecule has 6 nitrogen and oxygen atoms in total. The molecule has 2 heterocycles. The summed E-state index contributed by atoms with van der Waals surface area (Å²) in [6, 6.07) is -0.00986. The van der Waals surface area contributed by atoms with Crippen LogP contribution in [-0.2, 0) is 0 Å². The highest BCUT2D eigenvalue weighted by molar-refractivity contribution is 5.93. The first kappa shape index (κ1) is 10.2. The fraction of sp³-hybridized carbons (Fsp3) is 0.375. The summed E-state index contributed by atoms with van der Waals surface area (Å²) in [6.45, 7) is 1.88. The van der Waals surface area contributed by atoms with Gasteiger partial charge < -0.3 is 5.11 Å². The van der Waals surface area contributed by atoms with Crippen molar-refractivity contribution in [2.75, 3.05) is 5.43 Å². The van der Waals surface area contributed by atoms with E-state index in [0.717, 1.165) is 0 Å². The van der Waals surface area contributed by atoms with Crippen molar-refractivity contribution < 1.29 is 9.90 Å². The number of carboxylic acids is 1. The molecule has 76 valence electrons. The van der Waals surface area contributed by atoms with E-state index in [0.29, 0.717) is 5.82 Å². The Bertz CT molecular complexity index is 383. The van der Waals surface area contributed by atoms with Crippen LogP contribution in [0.25, 0.3) is 0 Å². The largest absolute Gasteiger partial charge is 0.477 e. The van der Waals surface area contributed by atoms with Crippen LogP contribution in [0.5, 0.6) is 0 Å². The van der Waals surface area contributed by atoms with Crippen molar-refractivity contribution in [3.8, 4) is 0 Å². The summed E-state index contributed by atoms with van der Waals surface area (Å²) in [7, 11) is 0. The van der Waals surface area contributed by atoms with Gasteiger partial charge in [0.05, 0.1) is 12.2 Å². The number of fused-ring (bicyclic) bond motifs is 1. The van der Waals surface area contributed by atoms with Gasteiger partial charge in [0.1, 0.15) is 5.56 Å². The molecule has 1 atom stereocenters. The van der Waals surface area contributed by atoms with Gasteiger partial charge in [0.25, 0.3) is 0 Å². The van der Waals surface area contributed by atoms with Crippen molar-refractivity contribution in [2.24, 2.45) is 5.10 Å². The quantitative estimate of drug-likeness (QED) is 0.707. The van der Waals surface area contributed by atoms with Crippen LogP contribution >= 0.6 is 0 Å². The van der Waals surface area contributed by atoms with Crippen LogP contribution in [0.2, 0.25) is 0 Å². The van der Waals surface area contributed by atoms with Gasteiger partial charge >= 0.3 is 5.97 Å². The summed E-state index contributed by atoms with van der Waals surface area (Å²) < 4.78 is 1.58. The van der Waals surface area contributed by atoms with Crippen molar-refractivity contribution in [1.82, 2.24) is 9.78 Å². The second kappa shape index (κ2) is 3.49. The van der Waals surface area contributed by atoms with E-state index in [-0.39, 0.29) is 19.0 Å². The Kier molecular flexibility index (Phi) is 2.55. The molecule has 1 aromatic rings. The normalized spacial score (nSPS) is 17.9. The smallest absolute Gasteiger partial charge is 0.341 e. The summed E-state index contributed by atoms with van der Waals surface area (Å²) in [4.78, 5) is 10.7. The number of hydrogen-bond acceptors (Lipinski definition) is 4. The monoisotopic (exact) mass is 196 g/mol. The average molecular weight is 196 g/mol. The third-order valence-electron chi connectivity index (χ3n) is 1.87. The van der Waals surface area contributed by atoms with Crippen molar-refractivity contribution in [2.45, 2.75) is 20.4 Å². The first-order valence-corrected chi connectivity index (χ1v) is 3.80. The SMILES string of the molecule is C.CC1C=NNc2c(C(=O)O)cnn21. The van der Waals surface area contributed by atoms with E-state index in [1.54, 1.807) is 10.9 Å². The third kappa shape index (κ3) is 1.34. The molecule has 1 aliphatic rings. The van der Waals surface area contributed by atoms with Crippen molar-refractivity contribution >= 4 is 18.0 Å². The van der Waals surface area contributed by atoms with Crippen molar-refractivity contribution in [3.63, 3.8) is 0 Å². The van der Waals surface area contributed by atoms with E-state index in [1.165, 1.54) is 6.20 Å². The van der Waals surface area contributed by atoms with E-state index in [1.807, 2.05) is 6.92 Å². The predicted molar refractivity (Wildman–Crippen MR) is 52.7 cm³/mol. The molecule has 0 bridgehead atoms. The molecule has 2 N–H and O–H groups in total. The highest BCUT2D eigenvalue weighted by Crippen LogP contribution is 2.21. The second-order valence-corrected chi connectivity index (χ2v) is 2.79. The summed E-state index contributed by atoms with van der Waals surface area (Å²) >= 11 is 0. The van der Waals surface area contributed by atoms with Gasteiger partial charge in [0.2, 0.25) is 0 Å². The molecule has 14 heavy (non-hydrogen) atoms. The van der Waals surface area contributed by atoms with Crippen molar-refractivity contribution in [3.05, 3.63) is 11.8 Å². The Morgan fingerprint density at radius 1 is 1.71 bits per heavy atom. The number of nitrogens with one attached hydrogen (secondary N) is 1. The fourth-order valence-electron chi connectivity index (χ4n) is 1.21. The minimum absolute atomic E-state index is 0. The van der Waals surface area contributed by atoms with E-state index in [2.05, 4.69) is 15.6 Å². The maximum absolute atomic E-state index is 10.7. The lowest BCUT2D eigenvalue weighted by Crippen LogP contribution is -2.17. The van der Waals surface area contributed by atoms with Crippen LogP contribution < -0.4 is 5.43 Å². The lowest BCUT2D eigenvalue weighted by atomic mass is 10.3. The van der Waals surface area contributed by atoms with Gasteiger partial charge in [-0.05, 0) is 6.92 Å². The van der Waals surface area contributed by atoms with Crippen LogP contribution in [0.4, 0.5) is 5.82 Å². The number of nitrogens with zero attached hydrogens (tertiary/aromatic N) is 3. The summed E-state index contributed by atoms with van der Waals surface area (Å²) in [5.41, 5.74) is 2.75. The molecule has 0 aromatic carbocycles. The lowest BCUT2D eigenvalue weighted by molar-refractivity contribution is 0.0698. The van der Waals surface area contributed by atoms with Gasteiger partial charge in [-0.1, -0.05) is 7.43 Å². The maximum atomic E-state index is 10.7. The zero-order valence-corrected chi connectivity index (χ0v) is 6.93. The standard InChI is InChI=1S/C7H8N4O2.CH4/c1-4-2-8-10-6-5(7(12)13)3-9-11(4)6;/h2-4,10H,1H3,(H,12,13);1H4. The third-order valence-corrected chi connectivity index (χ3v) is 1.87. The van der Waals surface area contributed by atoms with Crippen molar-refractivity contribution in [1.29, 1.82) is 0 Å². The predicted octanol–water partition coefficient (Wildman–Crippen LogP) is 1.19. The first-order valence-electron chi connectivity index (χ1n) is 3.80. The number of rotatable bonds is 1. The van der Waals surface area contributed by atoms with Gasteiger partial charge in [-0.3, -0.25) is 5.43 Å².